The van der Waals surface area contributed by atoms with E-state index in [2.05, 4.69) is 21.2 Å². The summed E-state index contributed by atoms with van der Waals surface area (Å²) in [7, 11) is 0. The van der Waals surface area contributed by atoms with E-state index in [1.165, 1.54) is 12.1 Å². The first kappa shape index (κ1) is 15.1. The number of benzene rings is 1. The molecule has 0 aliphatic rings. The molecule has 1 atom stereocenters. The van der Waals surface area contributed by atoms with Gasteiger partial charge in [0.2, 0.25) is 0 Å². The highest BCUT2D eigenvalue weighted by atomic mass is 79.9. The highest BCUT2D eigenvalue weighted by Gasteiger charge is 2.25. The van der Waals surface area contributed by atoms with Crippen molar-refractivity contribution in [1.29, 1.82) is 0 Å². The molecule has 1 amide bonds. The van der Waals surface area contributed by atoms with Crippen LogP contribution in [0.15, 0.2) is 22.7 Å². The number of aliphatic hydroxyl groups excluding tert-OH is 1. The predicted molar refractivity (Wildman–Crippen MR) is 72.0 cm³/mol. The third-order valence-electron chi connectivity index (χ3n) is 3.03. The topological polar surface area (TPSA) is 49.3 Å². The normalized spacial score (nSPS) is 14.1. The summed E-state index contributed by atoms with van der Waals surface area (Å²) in [5.74, 6) is -1.03. The van der Waals surface area contributed by atoms with E-state index in [1.54, 1.807) is 6.07 Å². The van der Waals surface area contributed by atoms with E-state index in [0.717, 1.165) is 0 Å². The van der Waals surface area contributed by atoms with Crippen molar-refractivity contribution in [1.82, 2.24) is 5.32 Å². The minimum Gasteiger partial charge on any atom is -0.396 e. The van der Waals surface area contributed by atoms with Crippen molar-refractivity contribution >= 4 is 21.8 Å². The van der Waals surface area contributed by atoms with Gasteiger partial charge >= 0.3 is 0 Å². The van der Waals surface area contributed by atoms with Crippen molar-refractivity contribution in [2.45, 2.75) is 32.2 Å². The highest BCUT2D eigenvalue weighted by Crippen LogP contribution is 2.18. The first-order chi connectivity index (χ1) is 8.41. The van der Waals surface area contributed by atoms with Gasteiger partial charge in [0.25, 0.3) is 5.91 Å². The van der Waals surface area contributed by atoms with Crippen LogP contribution in [0.1, 0.15) is 37.0 Å². The second kappa shape index (κ2) is 6.29. The molecule has 0 aliphatic heterocycles. The van der Waals surface area contributed by atoms with Gasteiger partial charge in [0.15, 0.2) is 0 Å². The van der Waals surface area contributed by atoms with Crippen LogP contribution in [-0.4, -0.2) is 23.2 Å². The zero-order chi connectivity index (χ0) is 13.8. The van der Waals surface area contributed by atoms with Crippen LogP contribution in [0, 0.1) is 5.82 Å². The monoisotopic (exact) mass is 317 g/mol. The Morgan fingerprint density at radius 1 is 1.56 bits per heavy atom. The molecule has 1 unspecified atom stereocenters. The third-order valence-corrected chi connectivity index (χ3v) is 3.53. The number of amides is 1. The molecule has 1 aromatic rings. The van der Waals surface area contributed by atoms with E-state index >= 15 is 0 Å². The van der Waals surface area contributed by atoms with E-state index in [-0.39, 0.29) is 12.2 Å². The van der Waals surface area contributed by atoms with Crippen LogP contribution in [-0.2, 0) is 0 Å². The lowest BCUT2D eigenvalue weighted by Gasteiger charge is -2.29. The largest absolute Gasteiger partial charge is 0.396 e. The first-order valence-corrected chi connectivity index (χ1v) is 6.59. The van der Waals surface area contributed by atoms with Crippen LogP contribution < -0.4 is 5.32 Å². The van der Waals surface area contributed by atoms with E-state index in [9.17, 15) is 9.18 Å². The van der Waals surface area contributed by atoms with Crippen LogP contribution in [0.5, 0.6) is 0 Å². The van der Waals surface area contributed by atoms with Gasteiger partial charge in [-0.15, -0.1) is 0 Å². The summed E-state index contributed by atoms with van der Waals surface area (Å²) in [4.78, 5) is 12.0. The van der Waals surface area contributed by atoms with Crippen molar-refractivity contribution < 1.29 is 14.3 Å². The Hall–Kier alpha value is -0.940. The fourth-order valence-electron chi connectivity index (χ4n) is 1.59. The maximum absolute atomic E-state index is 13.6. The summed E-state index contributed by atoms with van der Waals surface area (Å²) in [5, 5.41) is 11.7. The Morgan fingerprint density at radius 3 is 2.72 bits per heavy atom. The predicted octanol–water partition coefficient (Wildman–Crippen LogP) is 2.87. The summed E-state index contributed by atoms with van der Waals surface area (Å²) in [5.41, 5.74) is -0.512. The second-order valence-corrected chi connectivity index (χ2v) is 5.38. The zero-order valence-corrected chi connectivity index (χ0v) is 12.1. The lowest BCUT2D eigenvalue weighted by Crippen LogP contribution is -2.46. The van der Waals surface area contributed by atoms with Gasteiger partial charge in [-0.3, -0.25) is 4.79 Å². The van der Waals surface area contributed by atoms with Gasteiger partial charge in [-0.2, -0.15) is 0 Å². The molecule has 0 bridgehead atoms. The van der Waals surface area contributed by atoms with Crippen molar-refractivity contribution in [2.75, 3.05) is 6.61 Å². The Balaban J connectivity index is 2.87. The van der Waals surface area contributed by atoms with Gasteiger partial charge in [0, 0.05) is 16.6 Å². The lowest BCUT2D eigenvalue weighted by atomic mass is 9.94. The number of aliphatic hydroxyl groups is 1. The number of halogens is 2. The number of carbonyl (C=O) groups is 1. The van der Waals surface area contributed by atoms with Gasteiger partial charge in [0.05, 0.1) is 5.56 Å². The fourth-order valence-corrected chi connectivity index (χ4v) is 1.92. The SMILES string of the molecule is CCC(C)(CCO)NC(=O)c1ccc(Br)cc1F. The molecule has 2 N–H and O–H groups in total. The van der Waals surface area contributed by atoms with Crippen LogP contribution in [0.25, 0.3) is 0 Å². The maximum atomic E-state index is 13.6. The van der Waals surface area contributed by atoms with Crippen LogP contribution in [0.3, 0.4) is 0 Å². The Morgan fingerprint density at radius 2 is 2.22 bits per heavy atom. The van der Waals surface area contributed by atoms with Crippen LogP contribution in [0.2, 0.25) is 0 Å². The van der Waals surface area contributed by atoms with Crippen molar-refractivity contribution in [3.05, 3.63) is 34.1 Å². The molecule has 0 spiro atoms. The summed E-state index contributed by atoms with van der Waals surface area (Å²) >= 11 is 3.14. The molecule has 3 nitrogen and oxygen atoms in total. The maximum Gasteiger partial charge on any atom is 0.254 e. The fraction of sp³-hybridized carbons (Fsp3) is 0.462. The Bertz CT molecular complexity index is 439. The molecule has 100 valence electrons. The molecular formula is C13H17BrFNO2. The minimum absolute atomic E-state index is 0.0100. The standard InChI is InChI=1S/C13H17BrFNO2/c1-3-13(2,6-7-17)16-12(18)10-5-4-9(14)8-11(10)15/h4-5,8,17H,3,6-7H2,1-2H3,(H,16,18). The number of rotatable bonds is 5. The third kappa shape index (κ3) is 3.78. The lowest BCUT2D eigenvalue weighted by molar-refractivity contribution is 0.0882. The van der Waals surface area contributed by atoms with Crippen molar-refractivity contribution in [3.8, 4) is 0 Å². The van der Waals surface area contributed by atoms with E-state index in [4.69, 9.17) is 5.11 Å². The molecule has 1 aromatic carbocycles. The number of hydrogen-bond donors (Lipinski definition) is 2. The molecular weight excluding hydrogens is 301 g/mol. The van der Waals surface area contributed by atoms with Gasteiger partial charge in [0.1, 0.15) is 5.82 Å². The summed E-state index contributed by atoms with van der Waals surface area (Å²) in [6.07, 6.45) is 1.10. The summed E-state index contributed by atoms with van der Waals surface area (Å²) in [6, 6.07) is 4.31. The molecule has 0 radical (unpaired) electrons. The average molecular weight is 318 g/mol. The van der Waals surface area contributed by atoms with Gasteiger partial charge in [-0.1, -0.05) is 22.9 Å². The molecule has 1 rings (SSSR count). The first-order valence-electron chi connectivity index (χ1n) is 5.80. The second-order valence-electron chi connectivity index (χ2n) is 4.47. The highest BCUT2D eigenvalue weighted by molar-refractivity contribution is 9.10. The smallest absolute Gasteiger partial charge is 0.254 e. The number of hydrogen-bond acceptors (Lipinski definition) is 2. The summed E-state index contributed by atoms with van der Waals surface area (Å²) < 4.78 is 14.2. The van der Waals surface area contributed by atoms with Crippen molar-refractivity contribution in [3.63, 3.8) is 0 Å². The molecule has 18 heavy (non-hydrogen) atoms. The number of nitrogens with one attached hydrogen (secondary N) is 1. The van der Waals surface area contributed by atoms with Crippen LogP contribution >= 0.6 is 15.9 Å². The molecule has 0 aromatic heterocycles. The Labute approximate surface area is 115 Å². The average Bonchev–Trinajstić information content (AvgIpc) is 2.28. The molecule has 5 heteroatoms. The van der Waals surface area contributed by atoms with E-state index in [0.29, 0.717) is 17.3 Å². The van der Waals surface area contributed by atoms with Gasteiger partial charge in [-0.05, 0) is 38.0 Å². The molecule has 0 aliphatic carbocycles. The molecule has 0 fully saturated rings. The molecule has 0 saturated carbocycles. The van der Waals surface area contributed by atoms with Crippen molar-refractivity contribution in [2.24, 2.45) is 0 Å². The van der Waals surface area contributed by atoms with Gasteiger partial charge < -0.3 is 10.4 Å². The summed E-state index contributed by atoms with van der Waals surface area (Å²) in [6.45, 7) is 3.72. The quantitative estimate of drug-likeness (QED) is 0.877. The van der Waals surface area contributed by atoms with Gasteiger partial charge in [-0.25, -0.2) is 4.39 Å². The molecule has 0 saturated heterocycles. The Kier molecular flexibility index (Phi) is 5.28. The zero-order valence-electron chi connectivity index (χ0n) is 10.5. The van der Waals surface area contributed by atoms with E-state index < -0.39 is 17.3 Å². The minimum atomic E-state index is -0.565. The number of carbonyl (C=O) groups excluding carboxylic acids is 1. The van der Waals surface area contributed by atoms with Crippen LogP contribution in [0.4, 0.5) is 4.39 Å². The van der Waals surface area contributed by atoms with E-state index in [1.807, 2.05) is 13.8 Å². The molecule has 0 heterocycles.